The van der Waals surface area contributed by atoms with Crippen LogP contribution in [0.5, 0.6) is 0 Å². The average molecular weight is 1280 g/mol. The predicted octanol–water partition coefficient (Wildman–Crippen LogP) is 9.85. The topological polar surface area (TPSA) is 452 Å². The van der Waals surface area contributed by atoms with E-state index in [1.165, 1.54) is 43.3 Å². The van der Waals surface area contributed by atoms with Crippen LogP contribution in [0.1, 0.15) is 16.7 Å². The van der Waals surface area contributed by atoms with Gasteiger partial charge < -0.3 is 10.6 Å². The monoisotopic (exact) mass is 1270 g/mol. The standard InChI is InChI=1S/C42H29Cl3N10O17S7/c1-20-29(18-46)39(48-23-6-8-31(44)35(13-23)78(67,68)69)50-40(49-24-7-9-32(45)36(14-24)79(70,71)72)38(20)52-53-41-30(19-47)37(21-2-4-22(5-3-21)55-74(56,57)11-10-43)42(73-41)54-51-25-12-27-28(33(15-25)76(61,62)63)16-26(75(58,59)60)17-34(27)77(64,65)66/h2-9,12-17,55H,10-11H2,1H3,(H2,48,49,50)(H,58,59,60)(H,61,62,63)(H,64,65,66)(H,67,68,69)(H,70,71,72)/b53-52?,54-51+. The summed E-state index contributed by atoms with van der Waals surface area (Å²) in [4.78, 5) is -0.696. The molecule has 37 heteroatoms. The first-order valence-electron chi connectivity index (χ1n) is 20.8. The number of fused-ring (bicyclic) bond motifs is 1. The molecule has 0 bridgehead atoms. The van der Waals surface area contributed by atoms with Crippen LogP contribution in [0.3, 0.4) is 0 Å². The average Bonchev–Trinajstić information content (AvgIpc) is 3.87. The van der Waals surface area contributed by atoms with E-state index in [1.54, 1.807) is 0 Å². The zero-order valence-electron chi connectivity index (χ0n) is 38.8. The summed E-state index contributed by atoms with van der Waals surface area (Å²) >= 11 is 18.2. The summed E-state index contributed by atoms with van der Waals surface area (Å²) in [5.41, 5.74) is -1.79. The molecular weight excluding hydrogens is 1250 g/mol. The number of hydrogen-bond acceptors (Lipinski definition) is 22. The molecule has 0 radical (unpaired) electrons. The van der Waals surface area contributed by atoms with E-state index in [1.807, 2.05) is 12.1 Å². The molecule has 0 amide bonds. The van der Waals surface area contributed by atoms with Gasteiger partial charge in [0.1, 0.15) is 48.0 Å². The summed E-state index contributed by atoms with van der Waals surface area (Å²) in [6.07, 6.45) is 0. The number of anilines is 5. The summed E-state index contributed by atoms with van der Waals surface area (Å²) in [7, 11) is -29.9. The Morgan fingerprint density at radius 2 is 1.06 bits per heavy atom. The Bertz CT molecular complexity index is 4590. The van der Waals surface area contributed by atoms with Crippen LogP contribution in [0.25, 0.3) is 21.9 Å². The van der Waals surface area contributed by atoms with Gasteiger partial charge in [0.2, 0.25) is 10.0 Å². The van der Waals surface area contributed by atoms with E-state index in [0.717, 1.165) is 30.3 Å². The summed E-state index contributed by atoms with van der Waals surface area (Å²) < 4.78 is 200. The number of pyridine rings is 1. The first-order valence-corrected chi connectivity index (χ1v) is 31.7. The number of thiophene rings is 1. The number of rotatable bonds is 18. The third-order valence-corrected chi connectivity index (χ3v) is 18.5. The van der Waals surface area contributed by atoms with Crippen molar-refractivity contribution >= 4 is 168 Å². The Balaban J connectivity index is 1.46. The third kappa shape index (κ3) is 13.6. The fraction of sp³-hybridized carbons (Fsp3) is 0.0714. The Labute approximate surface area is 466 Å². The lowest BCUT2D eigenvalue weighted by atomic mass is 10.0. The van der Waals surface area contributed by atoms with Gasteiger partial charge in [-0.25, -0.2) is 13.4 Å². The molecule has 2 heterocycles. The number of benzene rings is 5. The van der Waals surface area contributed by atoms with Crippen LogP contribution < -0.4 is 15.4 Å². The fourth-order valence-electron chi connectivity index (χ4n) is 7.11. The Kier molecular flexibility index (Phi) is 16.9. The van der Waals surface area contributed by atoms with E-state index in [4.69, 9.17) is 34.8 Å². The van der Waals surface area contributed by atoms with E-state index >= 15 is 0 Å². The lowest BCUT2D eigenvalue weighted by molar-refractivity contribution is 0.478. The molecule has 0 saturated carbocycles. The van der Waals surface area contributed by atoms with Crippen LogP contribution in [0.4, 0.5) is 50.1 Å². The molecule has 0 aliphatic carbocycles. The van der Waals surface area contributed by atoms with E-state index < -0.39 is 112 Å². The molecule has 2 aromatic heterocycles. The number of sulfonamides is 1. The molecule has 0 unspecified atom stereocenters. The van der Waals surface area contributed by atoms with Crippen molar-refractivity contribution in [1.82, 2.24) is 4.98 Å². The van der Waals surface area contributed by atoms with Crippen LogP contribution >= 0.6 is 46.1 Å². The van der Waals surface area contributed by atoms with E-state index in [2.05, 4.69) is 40.8 Å². The zero-order valence-corrected chi connectivity index (χ0v) is 46.7. The second kappa shape index (κ2) is 22.4. The number of nitrogens with zero attached hydrogens (tertiary/aromatic N) is 7. The molecular formula is C42H29Cl3N10O17S7. The van der Waals surface area contributed by atoms with Gasteiger partial charge in [-0.15, -0.1) is 32.1 Å². The van der Waals surface area contributed by atoms with Crippen molar-refractivity contribution in [1.29, 1.82) is 10.5 Å². The van der Waals surface area contributed by atoms with Gasteiger partial charge in [0, 0.05) is 44.8 Å². The summed E-state index contributed by atoms with van der Waals surface area (Å²) in [6.45, 7) is 1.34. The van der Waals surface area contributed by atoms with Gasteiger partial charge in [-0.3, -0.25) is 27.5 Å². The highest BCUT2D eigenvalue weighted by molar-refractivity contribution is 7.92. The van der Waals surface area contributed by atoms with Gasteiger partial charge in [0.15, 0.2) is 16.6 Å². The molecule has 27 nitrogen and oxygen atoms in total. The van der Waals surface area contributed by atoms with E-state index in [-0.39, 0.29) is 83.1 Å². The smallest absolute Gasteiger partial charge is 0.296 e. The molecule has 8 N–H and O–H groups in total. The van der Waals surface area contributed by atoms with Gasteiger partial charge in [-0.05, 0) is 85.3 Å². The lowest BCUT2D eigenvalue weighted by Gasteiger charge is -2.16. The summed E-state index contributed by atoms with van der Waals surface area (Å²) in [5.74, 6) is -1.38. The highest BCUT2D eigenvalue weighted by Gasteiger charge is 2.28. The van der Waals surface area contributed by atoms with Crippen molar-refractivity contribution < 1.29 is 73.3 Å². The maximum absolute atomic E-state index is 12.7. The second-order valence-electron chi connectivity index (χ2n) is 15.8. The molecule has 0 spiro atoms. The van der Waals surface area contributed by atoms with Crippen LogP contribution in [-0.2, 0) is 60.6 Å². The molecule has 79 heavy (non-hydrogen) atoms. The molecule has 7 aromatic rings. The first-order chi connectivity index (χ1) is 36.6. The minimum absolute atomic E-state index is 0.0277. The van der Waals surface area contributed by atoms with Gasteiger partial charge >= 0.3 is 0 Å². The Hall–Kier alpha value is -6.84. The number of halogens is 3. The van der Waals surface area contributed by atoms with Crippen molar-refractivity contribution in [2.75, 3.05) is 27.0 Å². The molecule has 0 fully saturated rings. The normalized spacial score (nSPS) is 12.7. The number of aromatic nitrogens is 1. The maximum Gasteiger partial charge on any atom is 0.296 e. The molecule has 0 aliphatic rings. The van der Waals surface area contributed by atoms with Crippen LogP contribution in [0, 0.1) is 29.6 Å². The molecule has 0 atom stereocenters. The van der Waals surface area contributed by atoms with Crippen molar-refractivity contribution in [2.24, 2.45) is 20.5 Å². The third-order valence-electron chi connectivity index (χ3n) is 10.5. The minimum atomic E-state index is -5.45. The number of hydrogen-bond donors (Lipinski definition) is 8. The largest absolute Gasteiger partial charge is 0.339 e. The van der Waals surface area contributed by atoms with Crippen molar-refractivity contribution in [3.8, 4) is 23.3 Å². The molecule has 7 rings (SSSR count). The summed E-state index contributed by atoms with van der Waals surface area (Å²) in [5, 5.41) is 40.6. The summed E-state index contributed by atoms with van der Waals surface area (Å²) in [6, 6.07) is 17.8. The van der Waals surface area contributed by atoms with E-state index in [0.29, 0.717) is 29.5 Å². The van der Waals surface area contributed by atoms with Crippen molar-refractivity contribution in [2.45, 2.75) is 31.4 Å². The minimum Gasteiger partial charge on any atom is -0.339 e. The highest BCUT2D eigenvalue weighted by atomic mass is 35.5. The Morgan fingerprint density at radius 1 is 0.570 bits per heavy atom. The SMILES string of the molecule is Cc1c(C#N)c(Nc2ccc(Cl)c(S(=O)(=O)O)c2)nc(Nc2ccc(Cl)c(S(=O)(=O)O)c2)c1N=Nc1sc(/N=N/c2cc(S(=O)(=O)O)c3cc(S(=O)(=O)O)cc(S(=O)(=O)O)c3c2)c(-c2ccc(NS(=O)(=O)CCCl)cc2)c1C#N. The number of alkyl halides is 1. The van der Waals surface area contributed by atoms with Gasteiger partial charge in [0.05, 0.1) is 31.9 Å². The fourth-order valence-corrected chi connectivity index (χ4v) is 13.5. The van der Waals surface area contributed by atoms with Gasteiger partial charge in [0.25, 0.3) is 50.6 Å². The van der Waals surface area contributed by atoms with Crippen LogP contribution in [0.2, 0.25) is 10.0 Å². The zero-order chi connectivity index (χ0) is 58.4. The highest BCUT2D eigenvalue weighted by Crippen LogP contribution is 2.49. The van der Waals surface area contributed by atoms with Crippen LogP contribution in [0.15, 0.2) is 130 Å². The van der Waals surface area contributed by atoms with Crippen molar-refractivity contribution in [3.63, 3.8) is 0 Å². The number of azo groups is 2. The number of nitrogens with one attached hydrogen (secondary N) is 3. The lowest BCUT2D eigenvalue weighted by Crippen LogP contribution is -2.17. The maximum atomic E-state index is 12.7. The molecule has 5 aromatic carbocycles. The van der Waals surface area contributed by atoms with E-state index in [9.17, 15) is 83.8 Å². The second-order valence-corrected chi connectivity index (χ2v) is 26.8. The molecule has 0 aliphatic heterocycles. The Morgan fingerprint density at radius 3 is 1.57 bits per heavy atom. The first kappa shape index (κ1) is 59.8. The molecule has 412 valence electrons. The quantitative estimate of drug-likeness (QED) is 0.0225. The number of nitriles is 2. The van der Waals surface area contributed by atoms with Gasteiger partial charge in [-0.2, -0.15) is 52.6 Å². The molecule has 0 saturated heterocycles. The van der Waals surface area contributed by atoms with Crippen LogP contribution in [-0.4, -0.2) is 89.9 Å². The predicted molar refractivity (Wildman–Crippen MR) is 287 cm³/mol. The van der Waals surface area contributed by atoms with Crippen molar-refractivity contribution in [3.05, 3.63) is 112 Å². The van der Waals surface area contributed by atoms with Gasteiger partial charge in [-0.1, -0.05) is 46.7 Å².